The van der Waals surface area contributed by atoms with Crippen molar-refractivity contribution in [2.45, 2.75) is 6.92 Å². The Balaban J connectivity index is 2.19. The normalized spacial score (nSPS) is 10.7. The van der Waals surface area contributed by atoms with Crippen molar-refractivity contribution in [3.8, 4) is 11.5 Å². The van der Waals surface area contributed by atoms with E-state index >= 15 is 0 Å². The van der Waals surface area contributed by atoms with Crippen LogP contribution in [0.3, 0.4) is 0 Å². The Hall–Kier alpha value is -2.04. The second-order valence-corrected chi connectivity index (χ2v) is 6.53. The monoisotopic (exact) mass is 404 g/mol. The van der Waals surface area contributed by atoms with Gasteiger partial charge in [0.2, 0.25) is 0 Å². The maximum atomic E-state index is 12.7. The van der Waals surface area contributed by atoms with Gasteiger partial charge in [-0.2, -0.15) is 0 Å². The first-order chi connectivity index (χ1) is 11.5. The number of halogens is 2. The van der Waals surface area contributed by atoms with Crippen LogP contribution in [0, 0.1) is 6.92 Å². The number of hydrogen-bond acceptors (Lipinski definition) is 3. The van der Waals surface area contributed by atoms with Crippen molar-refractivity contribution >= 4 is 44.3 Å². The Labute approximate surface area is 153 Å². The topological polar surface area (TPSA) is 35.5 Å². The van der Waals surface area contributed by atoms with Crippen LogP contribution < -0.4 is 9.47 Å². The molecule has 0 saturated heterocycles. The molecule has 3 aromatic rings. The summed E-state index contributed by atoms with van der Waals surface area (Å²) in [6.07, 6.45) is 0. The zero-order chi connectivity index (χ0) is 17.3. The minimum absolute atomic E-state index is 0.331. The van der Waals surface area contributed by atoms with Crippen LogP contribution in [-0.2, 0) is 0 Å². The van der Waals surface area contributed by atoms with Gasteiger partial charge in [-0.3, -0.25) is 0 Å². The summed E-state index contributed by atoms with van der Waals surface area (Å²) in [5, 5.41) is 2.09. The third-order valence-electron chi connectivity index (χ3n) is 3.76. The summed E-state index contributed by atoms with van der Waals surface area (Å²) >= 11 is 9.92. The number of hydrogen-bond donors (Lipinski definition) is 0. The van der Waals surface area contributed by atoms with Gasteiger partial charge in [0.05, 0.1) is 12.1 Å². The van der Waals surface area contributed by atoms with Gasteiger partial charge < -0.3 is 9.47 Å². The molecule has 0 radical (unpaired) electrons. The molecule has 0 amide bonds. The second kappa shape index (κ2) is 6.83. The summed E-state index contributed by atoms with van der Waals surface area (Å²) < 4.78 is 11.9. The molecule has 122 valence electrons. The van der Waals surface area contributed by atoms with E-state index in [0.29, 0.717) is 27.6 Å². The molecule has 0 spiro atoms. The van der Waals surface area contributed by atoms with Crippen molar-refractivity contribution in [2.24, 2.45) is 0 Å². The van der Waals surface area contributed by atoms with Gasteiger partial charge >= 0.3 is 5.97 Å². The number of fused-ring (bicyclic) bond motifs is 1. The van der Waals surface area contributed by atoms with E-state index < -0.39 is 5.97 Å². The zero-order valence-electron chi connectivity index (χ0n) is 13.1. The van der Waals surface area contributed by atoms with E-state index in [-0.39, 0.29) is 0 Å². The fraction of sp³-hybridized carbons (Fsp3) is 0.105. The van der Waals surface area contributed by atoms with Gasteiger partial charge in [-0.25, -0.2) is 4.79 Å². The molecule has 3 nitrogen and oxygen atoms in total. The van der Waals surface area contributed by atoms with Crippen molar-refractivity contribution in [1.82, 2.24) is 0 Å². The predicted molar refractivity (Wildman–Crippen MR) is 99.3 cm³/mol. The molecule has 0 bridgehead atoms. The molecule has 0 unspecified atom stereocenters. The molecule has 0 atom stereocenters. The summed E-state index contributed by atoms with van der Waals surface area (Å²) in [6, 6.07) is 14.6. The Morgan fingerprint density at radius 1 is 1.08 bits per heavy atom. The van der Waals surface area contributed by atoms with E-state index in [1.807, 2.05) is 24.3 Å². The number of para-hydroxylation sites is 1. The van der Waals surface area contributed by atoms with E-state index in [4.69, 9.17) is 21.1 Å². The number of ether oxygens (including phenoxy) is 2. The summed E-state index contributed by atoms with van der Waals surface area (Å²) in [5.41, 5.74) is 0.959. The van der Waals surface area contributed by atoms with Crippen LogP contribution in [0.15, 0.2) is 53.0 Å². The molecule has 0 aliphatic rings. The smallest absolute Gasteiger partial charge is 0.347 e. The highest BCUT2D eigenvalue weighted by atomic mass is 79.9. The first kappa shape index (κ1) is 16.8. The zero-order valence-corrected chi connectivity index (χ0v) is 15.4. The van der Waals surface area contributed by atoms with Gasteiger partial charge in [-0.15, -0.1) is 0 Å². The van der Waals surface area contributed by atoms with Gasteiger partial charge in [-0.05, 0) is 36.8 Å². The van der Waals surface area contributed by atoms with Crippen molar-refractivity contribution in [3.63, 3.8) is 0 Å². The fourth-order valence-corrected chi connectivity index (χ4v) is 3.24. The standard InChI is InChI=1S/C19H14BrClO3/c1-11-16(19(22)24-13-6-4-3-5-7-13)18(23-2)15-10-12(20)8-9-14(15)17(11)21/h3-10H,1-2H3. The van der Waals surface area contributed by atoms with Crippen LogP contribution >= 0.6 is 27.5 Å². The maximum absolute atomic E-state index is 12.7. The third kappa shape index (κ3) is 2.99. The minimum Gasteiger partial charge on any atom is -0.495 e. The lowest BCUT2D eigenvalue weighted by molar-refractivity contribution is 0.0731. The molecule has 0 heterocycles. The van der Waals surface area contributed by atoms with Gasteiger partial charge in [-0.1, -0.05) is 51.8 Å². The second-order valence-electron chi connectivity index (χ2n) is 5.24. The number of rotatable bonds is 3. The van der Waals surface area contributed by atoms with Crippen molar-refractivity contribution in [1.29, 1.82) is 0 Å². The van der Waals surface area contributed by atoms with Gasteiger partial charge in [0.15, 0.2) is 0 Å². The van der Waals surface area contributed by atoms with Gasteiger partial charge in [0.1, 0.15) is 17.1 Å². The highest BCUT2D eigenvalue weighted by Crippen LogP contribution is 2.40. The van der Waals surface area contributed by atoms with Crippen LogP contribution in [0.1, 0.15) is 15.9 Å². The lowest BCUT2D eigenvalue weighted by atomic mass is 10.00. The molecule has 0 N–H and O–H groups in total. The molecule has 5 heteroatoms. The molecule has 0 fully saturated rings. The summed E-state index contributed by atoms with van der Waals surface area (Å²) in [4.78, 5) is 12.7. The molecule has 0 aliphatic carbocycles. The Morgan fingerprint density at radius 2 is 1.79 bits per heavy atom. The molecule has 0 aliphatic heterocycles. The highest BCUT2D eigenvalue weighted by Gasteiger charge is 2.23. The van der Waals surface area contributed by atoms with E-state index in [1.165, 1.54) is 7.11 Å². The number of carbonyl (C=O) groups excluding carboxylic acids is 1. The van der Waals surface area contributed by atoms with Crippen LogP contribution in [0.4, 0.5) is 0 Å². The Bertz CT molecular complexity index is 923. The van der Waals surface area contributed by atoms with E-state index in [1.54, 1.807) is 31.2 Å². The highest BCUT2D eigenvalue weighted by molar-refractivity contribution is 9.10. The fourth-order valence-electron chi connectivity index (χ4n) is 2.62. The molecule has 24 heavy (non-hydrogen) atoms. The SMILES string of the molecule is COc1c(C(=O)Oc2ccccc2)c(C)c(Cl)c2ccc(Br)cc12. The Morgan fingerprint density at radius 3 is 2.46 bits per heavy atom. The van der Waals surface area contributed by atoms with Crippen LogP contribution in [0.5, 0.6) is 11.5 Å². The average Bonchev–Trinajstić information content (AvgIpc) is 2.58. The molecule has 0 aromatic heterocycles. The number of carbonyl (C=O) groups is 1. The average molecular weight is 406 g/mol. The van der Waals surface area contributed by atoms with Crippen LogP contribution in [0.25, 0.3) is 10.8 Å². The van der Waals surface area contributed by atoms with Gasteiger partial charge in [0, 0.05) is 15.2 Å². The molecular weight excluding hydrogens is 392 g/mol. The van der Waals surface area contributed by atoms with Crippen molar-refractivity contribution in [3.05, 3.63) is 69.2 Å². The molecule has 3 rings (SSSR count). The predicted octanol–water partition coefficient (Wildman–Crippen LogP) is 5.79. The lowest BCUT2D eigenvalue weighted by Crippen LogP contribution is -2.13. The van der Waals surface area contributed by atoms with Crippen LogP contribution in [-0.4, -0.2) is 13.1 Å². The quantitative estimate of drug-likeness (QED) is 0.408. The van der Waals surface area contributed by atoms with Crippen LogP contribution in [0.2, 0.25) is 5.02 Å². The molecular formula is C19H14BrClO3. The van der Waals surface area contributed by atoms with Gasteiger partial charge in [0.25, 0.3) is 0 Å². The third-order valence-corrected chi connectivity index (χ3v) is 4.74. The summed E-state index contributed by atoms with van der Waals surface area (Å²) in [6.45, 7) is 1.79. The summed E-state index contributed by atoms with van der Waals surface area (Å²) in [7, 11) is 1.53. The number of methoxy groups -OCH3 is 1. The molecule has 3 aromatic carbocycles. The van der Waals surface area contributed by atoms with E-state index in [0.717, 1.165) is 15.2 Å². The van der Waals surface area contributed by atoms with E-state index in [2.05, 4.69) is 15.9 Å². The maximum Gasteiger partial charge on any atom is 0.347 e. The lowest BCUT2D eigenvalue weighted by Gasteiger charge is -2.16. The number of esters is 1. The Kier molecular flexibility index (Phi) is 4.78. The minimum atomic E-state index is -0.501. The first-order valence-electron chi connectivity index (χ1n) is 7.25. The molecule has 0 saturated carbocycles. The summed E-state index contributed by atoms with van der Waals surface area (Å²) in [5.74, 6) is 0.419. The first-order valence-corrected chi connectivity index (χ1v) is 8.42. The largest absolute Gasteiger partial charge is 0.495 e. The number of benzene rings is 3. The van der Waals surface area contributed by atoms with Crippen molar-refractivity contribution in [2.75, 3.05) is 7.11 Å². The van der Waals surface area contributed by atoms with Crippen molar-refractivity contribution < 1.29 is 14.3 Å². The van der Waals surface area contributed by atoms with E-state index in [9.17, 15) is 4.79 Å².